The molecule has 0 aliphatic carbocycles. The van der Waals surface area contributed by atoms with Crippen molar-refractivity contribution in [2.45, 2.75) is 61.5 Å². The van der Waals surface area contributed by atoms with Gasteiger partial charge in [-0.2, -0.15) is 6.67 Å². The number of aryl methyl sites for hydroxylation is 6. The molecular weight excluding hydrogens is 748 g/mol. The molecule has 4 aromatic rings. The monoisotopic (exact) mass is 791 g/mol. The Morgan fingerprint density at radius 1 is 0.857 bits per heavy atom. The van der Waals surface area contributed by atoms with Crippen LogP contribution in [0.3, 0.4) is 0 Å². The smallest absolute Gasteiger partial charge is 0.0146 e. The first-order valence-electron chi connectivity index (χ1n) is 15.9. The molecular formula is C38H43Cl2N4O4Ru-. The fourth-order valence-corrected chi connectivity index (χ4v) is 7.96. The first-order valence-corrected chi connectivity index (χ1v) is 21.3. The molecule has 1 aliphatic rings. The van der Waals surface area contributed by atoms with E-state index in [1.807, 2.05) is 13.8 Å². The second-order valence-electron chi connectivity index (χ2n) is 12.5. The van der Waals surface area contributed by atoms with E-state index in [1.165, 1.54) is 69.0 Å². The maximum atomic E-state index is 12.3. The Hall–Kier alpha value is -3.78. The van der Waals surface area contributed by atoms with E-state index >= 15 is 0 Å². The normalized spacial score (nSPS) is 12.8. The van der Waals surface area contributed by atoms with Gasteiger partial charge in [0.2, 0.25) is 0 Å². The number of nitrogens with zero attached hydrogens (tertiary/aromatic N) is 3. The number of carbonyl (C=O) groups excluding carboxylic acids is 1. The number of nitro benzene ring substituents is 1. The molecule has 0 aromatic heterocycles. The van der Waals surface area contributed by atoms with Gasteiger partial charge in [-0.1, -0.05) is 35.4 Å². The van der Waals surface area contributed by atoms with Crippen LogP contribution >= 0.6 is 19.4 Å². The Morgan fingerprint density at radius 2 is 1.35 bits per heavy atom. The molecule has 1 amide bonds. The minimum Gasteiger partial charge on any atom is -0.502 e. The van der Waals surface area contributed by atoms with Crippen LogP contribution < -0.4 is 19.9 Å². The second kappa shape index (κ2) is 16.8. The fraction of sp³-hybridized carbons (Fsp3) is 0.289. The summed E-state index contributed by atoms with van der Waals surface area (Å²) in [7, 11) is 11.9. The third kappa shape index (κ3) is 10.1. The average Bonchev–Trinajstić information content (AvgIpc) is 3.46. The van der Waals surface area contributed by atoms with Crippen LogP contribution in [0.4, 0.5) is 22.7 Å². The summed E-state index contributed by atoms with van der Waals surface area (Å²) in [6, 6.07) is 19.7. The molecule has 1 heterocycles. The molecule has 49 heavy (non-hydrogen) atoms. The molecule has 11 heteroatoms. The largest absolute Gasteiger partial charge is 0.502 e. The number of halogens is 2. The van der Waals surface area contributed by atoms with Gasteiger partial charge in [-0.15, -0.1) is 0 Å². The number of carbonyl (C=O) groups is 1. The standard InChI is InChI=1S/C21H27N2.C17H16N2O4.2ClH.Ru/c1-14-9-16(3)20(17(4)10-14)22-7-8-23(13-22)21-18(5)11-15(2)12-19(21)6;1-11(2)23-16-9-6-14(10-12(16)3)18-17(20)13-4-7-15(8-5-13)19(21)22;;;/h9-13H,7-8H2,1-6H3;3-11H,1-2H3,(H,18,20);2*1H;/q-1;;;;+2/p-2. The van der Waals surface area contributed by atoms with Crippen LogP contribution in [0.15, 0.2) is 66.7 Å². The molecule has 1 aliphatic heterocycles. The van der Waals surface area contributed by atoms with E-state index in [2.05, 4.69) is 87.6 Å². The zero-order valence-corrected chi connectivity index (χ0v) is 32.3. The molecule has 262 valence electrons. The van der Waals surface area contributed by atoms with Gasteiger partial charge in [-0.25, -0.2) is 0 Å². The summed E-state index contributed by atoms with van der Waals surface area (Å²) in [5, 5.41) is 13.4. The van der Waals surface area contributed by atoms with Crippen molar-refractivity contribution < 1.29 is 28.0 Å². The summed E-state index contributed by atoms with van der Waals surface area (Å²) in [5.74, 6) is 0.252. The van der Waals surface area contributed by atoms with Gasteiger partial charge in [0, 0.05) is 24.5 Å². The van der Waals surface area contributed by atoms with E-state index in [1.54, 1.807) is 22.8 Å². The van der Waals surface area contributed by atoms with Gasteiger partial charge in [0.1, 0.15) is 0 Å². The zero-order chi connectivity index (χ0) is 36.0. The third-order valence-electron chi connectivity index (χ3n) is 7.86. The Morgan fingerprint density at radius 3 is 1.78 bits per heavy atom. The maximum absolute atomic E-state index is 12.3. The fourth-order valence-electron chi connectivity index (χ4n) is 6.18. The minimum absolute atomic E-state index is 0.0194. The Balaban J connectivity index is 0.000000222. The number of hydrogen-bond acceptors (Lipinski definition) is 6. The molecule has 0 saturated carbocycles. The molecule has 0 unspecified atom stereocenters. The van der Waals surface area contributed by atoms with Gasteiger partial charge in [0.15, 0.2) is 0 Å². The van der Waals surface area contributed by atoms with Gasteiger partial charge < -0.3 is 9.80 Å². The first-order chi connectivity index (χ1) is 23.1. The summed E-state index contributed by atoms with van der Waals surface area (Å²) < 4.78 is 7.47. The Kier molecular flexibility index (Phi) is 13.0. The van der Waals surface area contributed by atoms with Crippen molar-refractivity contribution >= 4 is 52.6 Å². The van der Waals surface area contributed by atoms with Crippen LogP contribution in [-0.4, -0.2) is 34.6 Å². The predicted molar refractivity (Wildman–Crippen MR) is 200 cm³/mol. The van der Waals surface area contributed by atoms with Crippen molar-refractivity contribution in [3.05, 3.63) is 128 Å². The van der Waals surface area contributed by atoms with E-state index in [-0.39, 0.29) is 17.7 Å². The van der Waals surface area contributed by atoms with Crippen molar-refractivity contribution in [2.75, 3.05) is 28.2 Å². The summed E-state index contributed by atoms with van der Waals surface area (Å²) in [6.45, 7) is 21.4. The van der Waals surface area contributed by atoms with Crippen LogP contribution in [0.1, 0.15) is 63.1 Å². The van der Waals surface area contributed by atoms with Crippen molar-refractivity contribution in [1.82, 2.24) is 0 Å². The molecule has 1 fully saturated rings. The van der Waals surface area contributed by atoms with Gasteiger partial charge >= 0.3 is 164 Å². The van der Waals surface area contributed by atoms with Crippen LogP contribution in [0.5, 0.6) is 5.75 Å². The Bertz CT molecular complexity index is 1760. The number of benzene rings is 4. The molecule has 0 bridgehead atoms. The van der Waals surface area contributed by atoms with Crippen LogP contribution in [-0.2, 0) is 13.5 Å². The van der Waals surface area contributed by atoms with Crippen molar-refractivity contribution in [3.8, 4) is 5.75 Å². The average molecular weight is 792 g/mol. The van der Waals surface area contributed by atoms with Gasteiger partial charge in [-0.3, -0.25) is 0 Å². The number of nitro groups is 1. The summed E-state index contributed by atoms with van der Waals surface area (Å²) in [6.07, 6.45) is -0.0194. The summed E-state index contributed by atoms with van der Waals surface area (Å²) in [4.78, 5) is 27.3. The topological polar surface area (TPSA) is 87.9 Å². The second-order valence-corrected chi connectivity index (χ2v) is 18.2. The zero-order valence-electron chi connectivity index (χ0n) is 29.1. The summed E-state index contributed by atoms with van der Waals surface area (Å²) in [5.41, 5.74) is 12.3. The molecule has 0 spiro atoms. The minimum atomic E-state index is -2.08. The van der Waals surface area contributed by atoms with Crippen molar-refractivity contribution in [1.29, 1.82) is 0 Å². The third-order valence-corrected chi connectivity index (χ3v) is 9.70. The van der Waals surface area contributed by atoms with Gasteiger partial charge in [0.05, 0.1) is 0 Å². The van der Waals surface area contributed by atoms with E-state index in [4.69, 9.17) is 24.1 Å². The number of rotatable bonds is 8. The molecule has 1 saturated heterocycles. The van der Waals surface area contributed by atoms with Crippen LogP contribution in [0.25, 0.3) is 0 Å². The van der Waals surface area contributed by atoms with Crippen molar-refractivity contribution in [2.24, 2.45) is 0 Å². The van der Waals surface area contributed by atoms with Crippen LogP contribution in [0.2, 0.25) is 0 Å². The van der Waals surface area contributed by atoms with E-state index in [0.29, 0.717) is 22.6 Å². The summed E-state index contributed by atoms with van der Waals surface area (Å²) >= 11 is -2.08. The number of amides is 1. The SMILES string of the molecule is CC(C)Oc1ccc(NC(=O)c2ccc([N+](=O)[O-])cc2)cc1[CH]=[Ru]([Cl])[Cl].Cc1cc(C)c(N2[CH-]N(c3c(C)cc(C)cc3C)CC2)c(C)c1. The first kappa shape index (κ1) is 38.0. The van der Waals surface area contributed by atoms with Gasteiger partial charge in [0.25, 0.3) is 0 Å². The van der Waals surface area contributed by atoms with E-state index in [9.17, 15) is 14.9 Å². The maximum Gasteiger partial charge on any atom is 0.0146 e. The van der Waals surface area contributed by atoms with Crippen molar-refractivity contribution in [3.63, 3.8) is 0 Å². The number of nitrogens with one attached hydrogen (secondary N) is 1. The van der Waals surface area contributed by atoms with E-state index in [0.717, 1.165) is 13.1 Å². The molecule has 5 rings (SSSR count). The molecule has 8 nitrogen and oxygen atoms in total. The number of hydrogen-bond donors (Lipinski definition) is 1. The molecule has 1 N–H and O–H groups in total. The quantitative estimate of drug-likeness (QED) is 0.0828. The molecule has 4 aromatic carbocycles. The predicted octanol–water partition coefficient (Wildman–Crippen LogP) is 9.69. The molecule has 0 radical (unpaired) electrons. The van der Waals surface area contributed by atoms with Crippen LogP contribution in [0, 0.1) is 58.3 Å². The number of ether oxygens (including phenoxy) is 1. The van der Waals surface area contributed by atoms with Gasteiger partial charge in [-0.05, 0) is 63.8 Å². The number of non-ortho nitro benzene ring substituents is 1. The number of anilines is 3. The molecule has 0 atom stereocenters. The Labute approximate surface area is 302 Å². The van der Waals surface area contributed by atoms with E-state index < -0.39 is 18.4 Å².